The molecule has 1 aromatic heterocycles. The number of ether oxygens (including phenoxy) is 1. The van der Waals surface area contributed by atoms with Crippen molar-refractivity contribution in [2.24, 2.45) is 5.41 Å². The lowest BCUT2D eigenvalue weighted by atomic mass is 9.76. The Morgan fingerprint density at radius 3 is 2.63 bits per heavy atom. The Morgan fingerprint density at radius 1 is 1.42 bits per heavy atom. The van der Waals surface area contributed by atoms with Gasteiger partial charge in [0.1, 0.15) is 11.9 Å². The first kappa shape index (κ1) is 13.6. The summed E-state index contributed by atoms with van der Waals surface area (Å²) in [6, 6.07) is 2.56. The third-order valence-electron chi connectivity index (χ3n) is 3.59. The average molecular weight is 265 g/mol. The quantitative estimate of drug-likeness (QED) is 0.670. The van der Waals surface area contributed by atoms with Crippen molar-refractivity contribution in [3.8, 4) is 5.88 Å². The highest BCUT2D eigenvalue weighted by molar-refractivity contribution is 5.45. The molecule has 2 rings (SSSR count). The van der Waals surface area contributed by atoms with Crippen LogP contribution < -0.4 is 10.5 Å². The van der Waals surface area contributed by atoms with Gasteiger partial charge in [-0.15, -0.1) is 0 Å². The van der Waals surface area contributed by atoms with Gasteiger partial charge in [-0.3, -0.25) is 10.1 Å². The van der Waals surface area contributed by atoms with E-state index in [0.717, 1.165) is 25.7 Å². The number of aromatic nitrogens is 1. The Labute approximate surface area is 112 Å². The topological polar surface area (TPSA) is 91.3 Å². The smallest absolute Gasteiger partial charge is 0.278 e. The fourth-order valence-electron chi connectivity index (χ4n) is 2.34. The third-order valence-corrected chi connectivity index (χ3v) is 3.59. The van der Waals surface area contributed by atoms with Crippen molar-refractivity contribution >= 4 is 11.5 Å². The van der Waals surface area contributed by atoms with Crippen LogP contribution in [0, 0.1) is 15.5 Å². The van der Waals surface area contributed by atoms with Gasteiger partial charge in [-0.25, -0.2) is 0 Å². The fraction of sp³-hybridized carbons (Fsp3) is 0.615. The predicted octanol–water partition coefficient (Wildman–Crippen LogP) is 2.92. The van der Waals surface area contributed by atoms with Gasteiger partial charge in [0.05, 0.1) is 17.1 Å². The van der Waals surface area contributed by atoms with Crippen LogP contribution in [0.3, 0.4) is 0 Å². The zero-order valence-corrected chi connectivity index (χ0v) is 11.3. The van der Waals surface area contributed by atoms with Gasteiger partial charge >= 0.3 is 0 Å². The number of anilines is 1. The first-order valence-electron chi connectivity index (χ1n) is 6.44. The van der Waals surface area contributed by atoms with E-state index in [1.54, 1.807) is 0 Å². The number of rotatable bonds is 3. The van der Waals surface area contributed by atoms with Crippen molar-refractivity contribution in [2.75, 3.05) is 5.73 Å². The summed E-state index contributed by atoms with van der Waals surface area (Å²) in [4.78, 5) is 14.3. The molecule has 0 spiro atoms. The molecule has 0 amide bonds. The molecule has 0 unspecified atom stereocenters. The summed E-state index contributed by atoms with van der Waals surface area (Å²) >= 11 is 0. The summed E-state index contributed by atoms with van der Waals surface area (Å²) in [5.41, 5.74) is 5.82. The zero-order valence-electron chi connectivity index (χ0n) is 11.3. The SMILES string of the molecule is CC1(C)CCC(Oc2cc([N+](=O)[O-])cc(N)n2)CC1. The first-order chi connectivity index (χ1) is 8.85. The maximum atomic E-state index is 10.7. The molecule has 1 aliphatic rings. The van der Waals surface area contributed by atoms with Crippen LogP contribution in [0.1, 0.15) is 39.5 Å². The minimum Gasteiger partial charge on any atom is -0.474 e. The highest BCUT2D eigenvalue weighted by Crippen LogP contribution is 2.36. The van der Waals surface area contributed by atoms with Gasteiger partial charge in [0.25, 0.3) is 5.69 Å². The minimum absolute atomic E-state index is 0.0712. The molecule has 1 saturated carbocycles. The lowest BCUT2D eigenvalue weighted by Crippen LogP contribution is -2.28. The highest BCUT2D eigenvalue weighted by Gasteiger charge is 2.28. The lowest BCUT2D eigenvalue weighted by Gasteiger charge is -2.34. The van der Waals surface area contributed by atoms with Crippen molar-refractivity contribution in [2.45, 2.75) is 45.6 Å². The summed E-state index contributed by atoms with van der Waals surface area (Å²) in [5, 5.41) is 10.7. The van der Waals surface area contributed by atoms with Gasteiger partial charge in [-0.05, 0) is 31.1 Å². The van der Waals surface area contributed by atoms with Crippen LogP contribution in [0.15, 0.2) is 12.1 Å². The molecule has 0 atom stereocenters. The van der Waals surface area contributed by atoms with Crippen molar-refractivity contribution in [3.05, 3.63) is 22.2 Å². The van der Waals surface area contributed by atoms with E-state index in [9.17, 15) is 10.1 Å². The molecular formula is C13H19N3O3. The summed E-state index contributed by atoms with van der Waals surface area (Å²) in [6.45, 7) is 4.49. The molecule has 19 heavy (non-hydrogen) atoms. The van der Waals surface area contributed by atoms with Gasteiger partial charge in [-0.1, -0.05) is 13.8 Å². The second-order valence-electron chi connectivity index (χ2n) is 5.83. The molecule has 6 nitrogen and oxygen atoms in total. The minimum atomic E-state index is -0.491. The summed E-state index contributed by atoms with van der Waals surface area (Å²) < 4.78 is 5.72. The lowest BCUT2D eigenvalue weighted by molar-refractivity contribution is -0.384. The normalized spacial score (nSPS) is 19.1. The molecule has 1 heterocycles. The number of nitrogens with zero attached hydrogens (tertiary/aromatic N) is 2. The van der Waals surface area contributed by atoms with E-state index < -0.39 is 4.92 Å². The van der Waals surface area contributed by atoms with E-state index in [-0.39, 0.29) is 23.5 Å². The average Bonchev–Trinajstić information content (AvgIpc) is 2.31. The first-order valence-corrected chi connectivity index (χ1v) is 6.44. The van der Waals surface area contributed by atoms with Crippen molar-refractivity contribution < 1.29 is 9.66 Å². The van der Waals surface area contributed by atoms with Gasteiger partial charge in [0, 0.05) is 0 Å². The number of hydrogen-bond acceptors (Lipinski definition) is 5. The zero-order chi connectivity index (χ0) is 14.0. The van der Waals surface area contributed by atoms with Crippen molar-refractivity contribution in [1.29, 1.82) is 0 Å². The van der Waals surface area contributed by atoms with Gasteiger partial charge in [-0.2, -0.15) is 4.98 Å². The van der Waals surface area contributed by atoms with Crippen LogP contribution in [0.4, 0.5) is 11.5 Å². The largest absolute Gasteiger partial charge is 0.474 e. The molecule has 0 saturated heterocycles. The van der Waals surface area contributed by atoms with E-state index in [2.05, 4.69) is 18.8 Å². The Balaban J connectivity index is 2.05. The number of pyridine rings is 1. The summed E-state index contributed by atoms with van der Waals surface area (Å²) in [6.07, 6.45) is 4.13. The van der Waals surface area contributed by atoms with Crippen LogP contribution in [-0.2, 0) is 0 Å². The van der Waals surface area contributed by atoms with E-state index >= 15 is 0 Å². The van der Waals surface area contributed by atoms with Gasteiger partial charge in [0.15, 0.2) is 0 Å². The van der Waals surface area contributed by atoms with Crippen LogP contribution >= 0.6 is 0 Å². The predicted molar refractivity (Wildman–Crippen MR) is 72.0 cm³/mol. The summed E-state index contributed by atoms with van der Waals surface area (Å²) in [7, 11) is 0. The number of hydrogen-bond donors (Lipinski definition) is 1. The molecule has 104 valence electrons. The van der Waals surface area contributed by atoms with Crippen LogP contribution in [0.25, 0.3) is 0 Å². The Hall–Kier alpha value is -1.85. The van der Waals surface area contributed by atoms with Gasteiger partial charge in [0.2, 0.25) is 5.88 Å². The maximum absolute atomic E-state index is 10.7. The fourth-order valence-corrected chi connectivity index (χ4v) is 2.34. The maximum Gasteiger partial charge on any atom is 0.278 e. The molecule has 6 heteroatoms. The second-order valence-corrected chi connectivity index (χ2v) is 5.83. The van der Waals surface area contributed by atoms with Crippen LogP contribution in [0.2, 0.25) is 0 Å². The molecule has 1 fully saturated rings. The monoisotopic (exact) mass is 265 g/mol. The van der Waals surface area contributed by atoms with Crippen LogP contribution in [0.5, 0.6) is 5.88 Å². The summed E-state index contributed by atoms with van der Waals surface area (Å²) in [5.74, 6) is 0.358. The van der Waals surface area contributed by atoms with E-state index in [4.69, 9.17) is 10.5 Å². The van der Waals surface area contributed by atoms with Crippen LogP contribution in [-0.4, -0.2) is 16.0 Å². The van der Waals surface area contributed by atoms with Crippen molar-refractivity contribution in [3.63, 3.8) is 0 Å². The molecule has 1 aromatic rings. The molecule has 1 aliphatic carbocycles. The molecule has 2 N–H and O–H groups in total. The number of nitrogens with two attached hydrogens (primary N) is 1. The Morgan fingerprint density at radius 2 is 2.05 bits per heavy atom. The van der Waals surface area contributed by atoms with Crippen molar-refractivity contribution in [1.82, 2.24) is 4.98 Å². The Kier molecular flexibility index (Phi) is 3.59. The number of nitro groups is 1. The van der Waals surface area contributed by atoms with E-state index in [1.165, 1.54) is 12.1 Å². The molecule has 0 radical (unpaired) electrons. The molecular weight excluding hydrogens is 246 g/mol. The molecule has 0 aliphatic heterocycles. The Bertz CT molecular complexity index is 478. The second kappa shape index (κ2) is 5.03. The standard InChI is InChI=1S/C13H19N3O3/c1-13(2)5-3-10(4-6-13)19-12-8-9(16(17)18)7-11(14)15-12/h7-8,10H,3-6H2,1-2H3,(H2,14,15). The van der Waals surface area contributed by atoms with E-state index in [1.807, 2.05) is 0 Å². The highest BCUT2D eigenvalue weighted by atomic mass is 16.6. The van der Waals surface area contributed by atoms with Gasteiger partial charge < -0.3 is 10.5 Å². The third kappa shape index (κ3) is 3.56. The number of nitrogen functional groups attached to an aromatic ring is 1. The molecule has 0 bridgehead atoms. The molecule has 0 aromatic carbocycles. The van der Waals surface area contributed by atoms with E-state index in [0.29, 0.717) is 5.41 Å².